The molecule has 0 bridgehead atoms. The molecule has 1 aliphatic rings. The lowest BCUT2D eigenvalue weighted by Crippen LogP contribution is -1.99. The summed E-state index contributed by atoms with van der Waals surface area (Å²) in [6.45, 7) is 4.62. The lowest BCUT2D eigenvalue weighted by molar-refractivity contribution is -0.392. The molecule has 8 nitrogen and oxygen atoms in total. The minimum atomic E-state index is -0.940. The Balaban J connectivity index is 0.000000245. The molecule has 3 heterocycles. The summed E-state index contributed by atoms with van der Waals surface area (Å²) >= 11 is 4.56. The number of nitro groups is 1. The summed E-state index contributed by atoms with van der Waals surface area (Å²) in [7, 11) is 0. The smallest absolute Gasteiger partial charge is 0.389 e. The summed E-state index contributed by atoms with van der Waals surface area (Å²) in [5.41, 5.74) is 3.35. The number of benzene rings is 1. The van der Waals surface area contributed by atoms with Gasteiger partial charge in [0.2, 0.25) is 5.82 Å². The number of thiazole rings is 1. The fourth-order valence-electron chi connectivity index (χ4n) is 3.78. The molecule has 1 fully saturated rings. The molecular weight excluding hydrogens is 568 g/mol. The Morgan fingerprint density at radius 1 is 1.30 bits per heavy atom. The van der Waals surface area contributed by atoms with E-state index in [2.05, 4.69) is 37.2 Å². The largest absolute Gasteiger partial charge is 0.399 e. The first kappa shape index (κ1) is 27.0. The van der Waals surface area contributed by atoms with E-state index in [1.165, 1.54) is 31.2 Å². The van der Waals surface area contributed by atoms with Gasteiger partial charge in [-0.15, -0.1) is 11.3 Å². The molecule has 1 N–H and O–H groups in total. The Kier molecular flexibility index (Phi) is 8.40. The van der Waals surface area contributed by atoms with Gasteiger partial charge < -0.3 is 15.2 Å². The van der Waals surface area contributed by atoms with Gasteiger partial charge in [0.25, 0.3) is 0 Å². The van der Waals surface area contributed by atoms with Gasteiger partial charge in [-0.3, -0.25) is 4.68 Å². The molecule has 1 aromatic carbocycles. The second-order valence-electron chi connectivity index (χ2n) is 8.82. The van der Waals surface area contributed by atoms with E-state index < -0.39 is 22.7 Å². The van der Waals surface area contributed by atoms with Crippen LogP contribution in [0.25, 0.3) is 11.3 Å². The first-order valence-electron chi connectivity index (χ1n) is 11.5. The molecule has 4 aromatic rings. The van der Waals surface area contributed by atoms with Crippen LogP contribution in [-0.2, 0) is 13.0 Å². The molecular formula is C25H24BrF2N5O3S. The van der Waals surface area contributed by atoms with E-state index in [0.717, 1.165) is 51.7 Å². The van der Waals surface area contributed by atoms with Crippen molar-refractivity contribution in [2.45, 2.75) is 45.8 Å². The van der Waals surface area contributed by atoms with Crippen LogP contribution in [0.1, 0.15) is 46.9 Å². The van der Waals surface area contributed by atoms with Gasteiger partial charge >= 0.3 is 5.82 Å². The van der Waals surface area contributed by atoms with E-state index in [1.54, 1.807) is 24.3 Å². The summed E-state index contributed by atoms with van der Waals surface area (Å²) < 4.78 is 28.6. The van der Waals surface area contributed by atoms with Gasteiger partial charge in [0.1, 0.15) is 5.82 Å². The molecule has 1 atom stereocenters. The second kappa shape index (κ2) is 11.5. The summed E-state index contributed by atoms with van der Waals surface area (Å²) in [6, 6.07) is 5.52. The molecule has 0 spiro atoms. The maximum Gasteiger partial charge on any atom is 0.399 e. The number of aryl methyl sites for hydroxylation is 1. The highest BCUT2D eigenvalue weighted by Gasteiger charge is 2.22. The lowest BCUT2D eigenvalue weighted by Gasteiger charge is -2.12. The Labute approximate surface area is 224 Å². The molecule has 3 aromatic heterocycles. The average Bonchev–Trinajstić information content (AvgIpc) is 3.41. The molecule has 0 unspecified atom stereocenters. The lowest BCUT2D eigenvalue weighted by atomic mass is 9.98. The Morgan fingerprint density at radius 2 is 2.05 bits per heavy atom. The van der Waals surface area contributed by atoms with Crippen LogP contribution < -0.4 is 0 Å². The van der Waals surface area contributed by atoms with Gasteiger partial charge in [0.15, 0.2) is 6.20 Å². The number of aliphatic hydroxyl groups excluding tert-OH is 1. The van der Waals surface area contributed by atoms with E-state index >= 15 is 0 Å². The first-order chi connectivity index (χ1) is 17.6. The molecule has 1 saturated carbocycles. The average molecular weight is 592 g/mol. The monoisotopic (exact) mass is 591 g/mol. The van der Waals surface area contributed by atoms with E-state index in [4.69, 9.17) is 0 Å². The third kappa shape index (κ3) is 7.02. The summed E-state index contributed by atoms with van der Waals surface area (Å²) in [5, 5.41) is 25.5. The molecule has 0 saturated heterocycles. The van der Waals surface area contributed by atoms with Crippen molar-refractivity contribution in [1.29, 1.82) is 0 Å². The molecule has 0 radical (unpaired) electrons. The molecule has 12 heteroatoms. The van der Waals surface area contributed by atoms with E-state index in [0.29, 0.717) is 10.0 Å². The number of pyridine rings is 1. The standard InChI is InChI=1S/C20H22FN3OS.C5H2BrFN2O2/c1-12(25)18-8-16(21)5-6-17(18)20-19(26-13(2)23-20)7-15-9-22-24(11-15)10-14-3-4-14;6-3-1-4(7)5(8-2-3)9(10)11/h5-6,8-9,11-12,14,25H,3-4,7,10H2,1-2H3;1-2H/t12-;/m1./s1. The number of rotatable bonds is 7. The number of aliphatic hydroxyl groups is 1. The Hall–Kier alpha value is -3.09. The van der Waals surface area contributed by atoms with Gasteiger partial charge in [-0.1, -0.05) is 0 Å². The van der Waals surface area contributed by atoms with Crippen molar-refractivity contribution in [3.05, 3.63) is 90.1 Å². The topological polar surface area (TPSA) is 107 Å². The minimum absolute atomic E-state index is 0.348. The normalized spacial score (nSPS) is 13.7. The van der Waals surface area contributed by atoms with Crippen molar-refractivity contribution in [3.8, 4) is 11.3 Å². The van der Waals surface area contributed by atoms with Crippen molar-refractivity contribution in [2.24, 2.45) is 5.92 Å². The minimum Gasteiger partial charge on any atom is -0.389 e. The van der Waals surface area contributed by atoms with Crippen molar-refractivity contribution in [1.82, 2.24) is 19.7 Å². The fraction of sp³-hybridized carbons (Fsp3) is 0.320. The van der Waals surface area contributed by atoms with Gasteiger partial charge in [0.05, 0.1) is 27.5 Å². The summed E-state index contributed by atoms with van der Waals surface area (Å²) in [5.74, 6) is -1.26. The van der Waals surface area contributed by atoms with Gasteiger partial charge in [-0.05, 0) is 87.8 Å². The fourth-order valence-corrected chi connectivity index (χ4v) is 5.07. The Morgan fingerprint density at radius 3 is 2.70 bits per heavy atom. The number of nitrogens with zero attached hydrogens (tertiary/aromatic N) is 5. The van der Waals surface area contributed by atoms with Crippen LogP contribution >= 0.6 is 27.3 Å². The molecule has 0 aliphatic heterocycles. The van der Waals surface area contributed by atoms with Crippen molar-refractivity contribution < 1.29 is 18.8 Å². The highest BCUT2D eigenvalue weighted by Crippen LogP contribution is 2.35. The predicted molar refractivity (Wildman–Crippen MR) is 139 cm³/mol. The molecule has 37 heavy (non-hydrogen) atoms. The maximum absolute atomic E-state index is 13.6. The summed E-state index contributed by atoms with van der Waals surface area (Å²) in [4.78, 5) is 18.2. The number of hydrogen-bond donors (Lipinski definition) is 1. The third-order valence-corrected chi connectivity index (χ3v) is 7.08. The van der Waals surface area contributed by atoms with E-state index in [1.807, 2.05) is 17.8 Å². The number of halogens is 3. The molecule has 1 aliphatic carbocycles. The first-order valence-corrected chi connectivity index (χ1v) is 13.1. The van der Waals surface area contributed by atoms with E-state index in [-0.39, 0.29) is 5.82 Å². The number of aromatic nitrogens is 4. The molecule has 0 amide bonds. The maximum atomic E-state index is 13.6. The zero-order chi connectivity index (χ0) is 26.7. The second-order valence-corrected chi connectivity index (χ2v) is 11.0. The third-order valence-electron chi connectivity index (χ3n) is 5.68. The highest BCUT2D eigenvalue weighted by atomic mass is 79.9. The van der Waals surface area contributed by atoms with Crippen LogP contribution in [0.4, 0.5) is 14.6 Å². The quantitative estimate of drug-likeness (QED) is 0.197. The van der Waals surface area contributed by atoms with Crippen molar-refractivity contribution in [3.63, 3.8) is 0 Å². The Bertz CT molecular complexity index is 1420. The SMILES string of the molecule is Cc1nc(-c2ccc(F)cc2[C@@H](C)O)c(Cc2cnn(CC3CC3)c2)s1.O=[N+]([O-])c1ncc(Br)cc1F. The van der Waals surface area contributed by atoms with Crippen LogP contribution in [0, 0.1) is 34.6 Å². The zero-order valence-corrected chi connectivity index (χ0v) is 22.5. The van der Waals surface area contributed by atoms with Gasteiger partial charge in [-0.2, -0.15) is 9.49 Å². The van der Waals surface area contributed by atoms with E-state index in [9.17, 15) is 24.0 Å². The predicted octanol–water partition coefficient (Wildman–Crippen LogP) is 6.40. The van der Waals surface area contributed by atoms with Crippen molar-refractivity contribution in [2.75, 3.05) is 0 Å². The highest BCUT2D eigenvalue weighted by molar-refractivity contribution is 9.10. The molecule has 194 valence electrons. The van der Waals surface area contributed by atoms with Crippen molar-refractivity contribution >= 4 is 33.1 Å². The van der Waals surface area contributed by atoms with Crippen LogP contribution in [0.3, 0.4) is 0 Å². The number of hydrogen-bond acceptors (Lipinski definition) is 7. The molecule has 5 rings (SSSR count). The van der Waals surface area contributed by atoms with Crippen LogP contribution in [-0.4, -0.2) is 29.8 Å². The summed E-state index contributed by atoms with van der Waals surface area (Å²) in [6.07, 6.45) is 7.79. The van der Waals surface area contributed by atoms with Gasteiger partial charge in [-0.25, -0.2) is 9.37 Å². The van der Waals surface area contributed by atoms with Crippen LogP contribution in [0.15, 0.2) is 47.3 Å². The van der Waals surface area contributed by atoms with Crippen LogP contribution in [0.2, 0.25) is 0 Å². The zero-order valence-electron chi connectivity index (χ0n) is 20.1. The van der Waals surface area contributed by atoms with Gasteiger partial charge in [0, 0.05) is 35.7 Å². The van der Waals surface area contributed by atoms with Crippen LogP contribution in [0.5, 0.6) is 0 Å².